The van der Waals surface area contributed by atoms with E-state index in [1.54, 1.807) is 30.5 Å². The summed E-state index contributed by atoms with van der Waals surface area (Å²) in [4.78, 5) is 4.44. The lowest BCUT2D eigenvalue weighted by Crippen LogP contribution is -2.13. The Morgan fingerprint density at radius 3 is 2.89 bits per heavy atom. The minimum absolute atomic E-state index is 0.175. The largest absolute Gasteiger partial charge is 0.461 e. The first-order chi connectivity index (χ1) is 13.5. The van der Waals surface area contributed by atoms with Crippen LogP contribution in [-0.2, 0) is 22.9 Å². The first-order valence-corrected chi connectivity index (χ1v) is 10.9. The molecule has 2 aromatic carbocycles. The average Bonchev–Trinajstić information content (AvgIpc) is 3.04. The zero-order valence-corrected chi connectivity index (χ0v) is 16.3. The van der Waals surface area contributed by atoms with Gasteiger partial charge in [0.05, 0.1) is 5.52 Å². The first kappa shape index (κ1) is 17.3. The van der Waals surface area contributed by atoms with Gasteiger partial charge in [-0.2, -0.15) is 0 Å². The lowest BCUT2D eigenvalue weighted by Gasteiger charge is -2.16. The van der Waals surface area contributed by atoms with Crippen molar-refractivity contribution >= 4 is 37.6 Å². The second-order valence-electron chi connectivity index (χ2n) is 7.50. The molecule has 0 saturated heterocycles. The van der Waals surface area contributed by atoms with Crippen LogP contribution in [0.2, 0.25) is 0 Å². The zero-order valence-electron chi connectivity index (χ0n) is 15.5. The van der Waals surface area contributed by atoms with Gasteiger partial charge in [0.1, 0.15) is 16.2 Å². The van der Waals surface area contributed by atoms with Crippen molar-refractivity contribution in [3.63, 3.8) is 0 Å². The summed E-state index contributed by atoms with van der Waals surface area (Å²) in [6.45, 7) is 2.24. The molecule has 0 fully saturated rings. The highest BCUT2D eigenvalue weighted by atomic mass is 32.2. The quantitative estimate of drug-likeness (QED) is 0.538. The van der Waals surface area contributed by atoms with E-state index in [2.05, 4.69) is 16.6 Å². The van der Waals surface area contributed by atoms with Gasteiger partial charge in [0.2, 0.25) is 0 Å². The summed E-state index contributed by atoms with van der Waals surface area (Å²) in [7, 11) is -3.77. The third-order valence-electron chi connectivity index (χ3n) is 5.43. The third kappa shape index (κ3) is 2.85. The van der Waals surface area contributed by atoms with E-state index in [9.17, 15) is 8.42 Å². The monoisotopic (exact) mass is 392 g/mol. The maximum atomic E-state index is 13.1. The molecular formula is C22H20N2O3S. The summed E-state index contributed by atoms with van der Waals surface area (Å²) in [6.07, 6.45) is 4.63. The number of hydrogen-bond donors (Lipinski definition) is 1. The Hall–Kier alpha value is -2.86. The molecule has 2 aromatic heterocycles. The van der Waals surface area contributed by atoms with E-state index in [1.165, 1.54) is 5.56 Å². The molecule has 1 atom stereocenters. The first-order valence-electron chi connectivity index (χ1n) is 9.42. The number of nitrogens with zero attached hydrogens (tertiary/aromatic N) is 1. The van der Waals surface area contributed by atoms with E-state index in [0.717, 1.165) is 41.4 Å². The topological polar surface area (TPSA) is 72.2 Å². The van der Waals surface area contributed by atoms with E-state index in [1.807, 2.05) is 24.3 Å². The molecule has 1 unspecified atom stereocenters. The number of hydrogen-bond acceptors (Lipinski definition) is 4. The molecule has 0 amide bonds. The van der Waals surface area contributed by atoms with Gasteiger partial charge in [-0.3, -0.25) is 9.71 Å². The normalized spacial score (nSPS) is 17.0. The van der Waals surface area contributed by atoms with Crippen molar-refractivity contribution in [2.45, 2.75) is 31.1 Å². The highest BCUT2D eigenvalue weighted by Gasteiger charge is 2.23. The molecule has 1 aliphatic rings. The minimum atomic E-state index is -3.77. The number of aryl methyl sites for hydroxylation is 1. The Bertz CT molecular complexity index is 1300. The standard InChI is InChI=1S/C22H20N2O3S/c1-14-7-9-19-17(12-14)18-13-16(8-10-20(18)27-19)24-28(25,26)21-6-2-4-15-5-3-11-23-22(15)21/h2-6,8,10-11,13-14,24H,7,9,12H2,1H3. The van der Waals surface area contributed by atoms with Crippen molar-refractivity contribution in [3.05, 3.63) is 66.1 Å². The van der Waals surface area contributed by atoms with Gasteiger partial charge < -0.3 is 4.42 Å². The van der Waals surface area contributed by atoms with Crippen LogP contribution in [-0.4, -0.2) is 13.4 Å². The summed E-state index contributed by atoms with van der Waals surface area (Å²) in [5.41, 5.74) is 3.02. The maximum Gasteiger partial charge on any atom is 0.264 e. The fourth-order valence-corrected chi connectivity index (χ4v) is 5.25. The molecule has 28 heavy (non-hydrogen) atoms. The summed E-state index contributed by atoms with van der Waals surface area (Å²) >= 11 is 0. The van der Waals surface area contributed by atoms with Gasteiger partial charge in [-0.1, -0.05) is 25.1 Å². The van der Waals surface area contributed by atoms with Gasteiger partial charge in [0.25, 0.3) is 10.0 Å². The van der Waals surface area contributed by atoms with Crippen LogP contribution in [0.1, 0.15) is 24.7 Å². The van der Waals surface area contributed by atoms with Crippen molar-refractivity contribution < 1.29 is 12.8 Å². The van der Waals surface area contributed by atoms with E-state index in [-0.39, 0.29) is 4.90 Å². The van der Waals surface area contributed by atoms with Crippen molar-refractivity contribution in [2.24, 2.45) is 5.92 Å². The van der Waals surface area contributed by atoms with Crippen LogP contribution in [0.15, 0.2) is 64.0 Å². The smallest absolute Gasteiger partial charge is 0.264 e. The molecule has 2 heterocycles. The average molecular weight is 392 g/mol. The summed E-state index contributed by atoms with van der Waals surface area (Å²) in [5, 5.41) is 1.79. The van der Waals surface area contributed by atoms with Crippen molar-refractivity contribution in [1.29, 1.82) is 0 Å². The molecule has 6 heteroatoms. The molecule has 1 aliphatic carbocycles. The highest BCUT2D eigenvalue weighted by Crippen LogP contribution is 2.35. The molecule has 0 spiro atoms. The molecule has 0 aliphatic heterocycles. The Morgan fingerprint density at radius 1 is 1.14 bits per heavy atom. The Balaban J connectivity index is 1.56. The van der Waals surface area contributed by atoms with Gasteiger partial charge in [-0.25, -0.2) is 8.42 Å². The van der Waals surface area contributed by atoms with E-state index in [4.69, 9.17) is 4.42 Å². The Labute approximate surface area is 163 Å². The molecule has 0 radical (unpaired) electrons. The maximum absolute atomic E-state index is 13.1. The predicted molar refractivity (Wildman–Crippen MR) is 110 cm³/mol. The lowest BCUT2D eigenvalue weighted by molar-refractivity contribution is 0.438. The van der Waals surface area contributed by atoms with Gasteiger partial charge in [-0.15, -0.1) is 0 Å². The zero-order chi connectivity index (χ0) is 19.3. The van der Waals surface area contributed by atoms with E-state index >= 15 is 0 Å². The molecule has 5 rings (SSSR count). The van der Waals surface area contributed by atoms with Crippen LogP contribution in [0.4, 0.5) is 5.69 Å². The second-order valence-corrected chi connectivity index (χ2v) is 9.15. The van der Waals surface area contributed by atoms with Crippen molar-refractivity contribution in [2.75, 3.05) is 4.72 Å². The number of pyridine rings is 1. The number of anilines is 1. The van der Waals surface area contributed by atoms with Crippen LogP contribution in [0, 0.1) is 5.92 Å². The van der Waals surface area contributed by atoms with Crippen LogP contribution >= 0.6 is 0 Å². The van der Waals surface area contributed by atoms with Crippen LogP contribution in [0.25, 0.3) is 21.9 Å². The summed E-state index contributed by atoms with van der Waals surface area (Å²) in [6, 6.07) is 14.3. The van der Waals surface area contributed by atoms with Crippen molar-refractivity contribution in [1.82, 2.24) is 4.98 Å². The SMILES string of the molecule is CC1CCc2oc3ccc(NS(=O)(=O)c4cccc5cccnc45)cc3c2C1. The lowest BCUT2D eigenvalue weighted by atomic mass is 9.88. The van der Waals surface area contributed by atoms with E-state index in [0.29, 0.717) is 17.1 Å². The number of furan rings is 1. The highest BCUT2D eigenvalue weighted by molar-refractivity contribution is 7.93. The number of benzene rings is 2. The number of sulfonamides is 1. The molecular weight excluding hydrogens is 372 g/mol. The minimum Gasteiger partial charge on any atom is -0.461 e. The molecule has 0 bridgehead atoms. The predicted octanol–water partition coefficient (Wildman–Crippen LogP) is 4.91. The van der Waals surface area contributed by atoms with Gasteiger partial charge >= 0.3 is 0 Å². The van der Waals surface area contributed by atoms with Gasteiger partial charge in [0.15, 0.2) is 0 Å². The number of fused-ring (bicyclic) bond motifs is 4. The molecule has 5 nitrogen and oxygen atoms in total. The molecule has 4 aromatic rings. The molecule has 1 N–H and O–H groups in total. The number of para-hydroxylation sites is 1. The Morgan fingerprint density at radius 2 is 2.00 bits per heavy atom. The number of nitrogens with one attached hydrogen (secondary N) is 1. The van der Waals surface area contributed by atoms with Crippen LogP contribution in [0.5, 0.6) is 0 Å². The number of aromatic nitrogens is 1. The molecule has 0 saturated carbocycles. The van der Waals surface area contributed by atoms with E-state index < -0.39 is 10.0 Å². The third-order valence-corrected chi connectivity index (χ3v) is 6.84. The second kappa shape index (κ2) is 6.34. The summed E-state index contributed by atoms with van der Waals surface area (Å²) in [5.74, 6) is 1.64. The molecule has 142 valence electrons. The van der Waals surface area contributed by atoms with Gasteiger partial charge in [-0.05, 0) is 49.1 Å². The summed E-state index contributed by atoms with van der Waals surface area (Å²) < 4.78 is 34.8. The van der Waals surface area contributed by atoms with Gasteiger partial charge in [0, 0.05) is 34.6 Å². The fourth-order valence-electron chi connectivity index (χ4n) is 4.02. The van der Waals surface area contributed by atoms with Crippen LogP contribution in [0.3, 0.4) is 0 Å². The number of rotatable bonds is 3. The fraction of sp³-hybridized carbons (Fsp3) is 0.227. The van der Waals surface area contributed by atoms with Crippen LogP contribution < -0.4 is 4.72 Å². The van der Waals surface area contributed by atoms with Crippen molar-refractivity contribution in [3.8, 4) is 0 Å². The Kier molecular flexibility index (Phi) is 3.91.